The molecule has 184 valence electrons. The summed E-state index contributed by atoms with van der Waals surface area (Å²) in [5.74, 6) is 0.218. The van der Waals surface area contributed by atoms with Crippen LogP contribution in [0.2, 0.25) is 0 Å². The van der Waals surface area contributed by atoms with Crippen LogP contribution in [0.4, 0.5) is 24.7 Å². The van der Waals surface area contributed by atoms with Crippen LogP contribution < -0.4 is 15.0 Å². The van der Waals surface area contributed by atoms with E-state index in [1.165, 1.54) is 24.3 Å². The van der Waals surface area contributed by atoms with Gasteiger partial charge in [-0.1, -0.05) is 24.3 Å². The van der Waals surface area contributed by atoms with E-state index in [1.807, 2.05) is 32.0 Å². The van der Waals surface area contributed by atoms with Gasteiger partial charge in [0, 0.05) is 18.7 Å². The molecule has 1 amide bonds. The van der Waals surface area contributed by atoms with Gasteiger partial charge in [-0.25, -0.2) is 4.98 Å². The van der Waals surface area contributed by atoms with E-state index in [2.05, 4.69) is 19.9 Å². The van der Waals surface area contributed by atoms with Gasteiger partial charge in [-0.2, -0.15) is 0 Å². The Hall–Kier alpha value is -3.59. The lowest BCUT2D eigenvalue weighted by molar-refractivity contribution is -0.274. The average Bonchev–Trinajstić information content (AvgIpc) is 2.79. The Labute approximate surface area is 201 Å². The highest BCUT2D eigenvalue weighted by atomic mass is 19.4. The van der Waals surface area contributed by atoms with Crippen molar-refractivity contribution in [2.45, 2.75) is 39.3 Å². The highest BCUT2D eigenvalue weighted by Gasteiger charge is 2.31. The van der Waals surface area contributed by atoms with Gasteiger partial charge < -0.3 is 19.7 Å². The van der Waals surface area contributed by atoms with Crippen LogP contribution >= 0.6 is 0 Å². The Bertz CT molecular complexity index is 1170. The Kier molecular flexibility index (Phi) is 6.98. The van der Waals surface area contributed by atoms with E-state index in [4.69, 9.17) is 4.74 Å². The van der Waals surface area contributed by atoms with Crippen molar-refractivity contribution in [2.75, 3.05) is 23.3 Å². The lowest BCUT2D eigenvalue weighted by atomic mass is 9.96. The summed E-state index contributed by atoms with van der Waals surface area (Å²) in [6.07, 6.45) is -2.90. The monoisotopic (exact) mass is 485 g/mol. The van der Waals surface area contributed by atoms with Gasteiger partial charge in [0.15, 0.2) is 0 Å². The molecule has 1 N–H and O–H groups in total. The molecular weight excluding hydrogens is 459 g/mol. The number of carbonyl (C=O) groups is 1. The first kappa shape index (κ1) is 24.5. The molecule has 0 aliphatic carbocycles. The van der Waals surface area contributed by atoms with Crippen molar-refractivity contribution in [3.63, 3.8) is 0 Å². The first-order chi connectivity index (χ1) is 16.6. The summed E-state index contributed by atoms with van der Waals surface area (Å²) >= 11 is 0. The molecule has 3 aromatic rings. The summed E-state index contributed by atoms with van der Waals surface area (Å²) in [6, 6.07) is 14.5. The molecule has 0 saturated carbocycles. The number of hydrogen-bond acceptors (Lipinski definition) is 5. The van der Waals surface area contributed by atoms with Gasteiger partial charge in [0.25, 0.3) is 5.91 Å². The maximum absolute atomic E-state index is 13.0. The summed E-state index contributed by atoms with van der Waals surface area (Å²) in [6.45, 7) is 7.35. The second-order valence-electron chi connectivity index (χ2n) is 8.57. The molecule has 35 heavy (non-hydrogen) atoms. The number of alkyl halides is 3. The van der Waals surface area contributed by atoms with Crippen LogP contribution in [-0.4, -0.2) is 42.6 Å². The number of anilines is 2. The smallest absolute Gasteiger partial charge is 0.406 e. The predicted molar refractivity (Wildman–Crippen MR) is 128 cm³/mol. The van der Waals surface area contributed by atoms with Crippen LogP contribution in [0.5, 0.6) is 5.75 Å². The van der Waals surface area contributed by atoms with Crippen LogP contribution in [0.25, 0.3) is 11.1 Å². The van der Waals surface area contributed by atoms with Gasteiger partial charge >= 0.3 is 6.36 Å². The molecular formula is C26H26F3N3O3. The summed E-state index contributed by atoms with van der Waals surface area (Å²) in [5.41, 5.74) is 3.13. The van der Waals surface area contributed by atoms with Gasteiger partial charge in [0.1, 0.15) is 11.6 Å². The molecule has 0 bridgehead atoms. The second-order valence-corrected chi connectivity index (χ2v) is 8.57. The summed E-state index contributed by atoms with van der Waals surface area (Å²) < 4.78 is 46.9. The molecule has 2 heterocycles. The molecule has 0 radical (unpaired) electrons. The zero-order chi connectivity index (χ0) is 25.2. The highest BCUT2D eigenvalue weighted by Crippen LogP contribution is 2.30. The van der Waals surface area contributed by atoms with E-state index in [1.54, 1.807) is 25.3 Å². The molecule has 6 nitrogen and oxygen atoms in total. The maximum Gasteiger partial charge on any atom is 0.573 e. The fourth-order valence-corrected chi connectivity index (χ4v) is 4.24. The Morgan fingerprint density at radius 1 is 1.06 bits per heavy atom. The van der Waals surface area contributed by atoms with Crippen LogP contribution in [-0.2, 0) is 4.74 Å². The first-order valence-corrected chi connectivity index (χ1v) is 11.2. The second kappa shape index (κ2) is 9.95. The Balaban J connectivity index is 1.47. The third-order valence-electron chi connectivity index (χ3n) is 5.73. The van der Waals surface area contributed by atoms with Gasteiger partial charge in [0.2, 0.25) is 0 Å². The predicted octanol–water partition coefficient (Wildman–Crippen LogP) is 5.82. The summed E-state index contributed by atoms with van der Waals surface area (Å²) in [7, 11) is 0. The maximum atomic E-state index is 13.0. The SMILES string of the molecule is Cc1c(C(=O)Nc2ccc(N3C[C@@H](C)O[C@H](C)C3)nc2)cccc1-c1ccc(OC(F)(F)F)cc1. The molecule has 1 aliphatic heterocycles. The van der Waals surface area contributed by atoms with Gasteiger partial charge in [-0.05, 0) is 67.8 Å². The van der Waals surface area contributed by atoms with Gasteiger partial charge in [-0.15, -0.1) is 13.2 Å². The molecule has 2 aromatic carbocycles. The number of ether oxygens (including phenoxy) is 2. The van der Waals surface area contributed by atoms with E-state index in [0.717, 1.165) is 24.5 Å². The lowest BCUT2D eigenvalue weighted by Gasteiger charge is -2.36. The van der Waals surface area contributed by atoms with E-state index >= 15 is 0 Å². The molecule has 1 fully saturated rings. The first-order valence-electron chi connectivity index (χ1n) is 11.2. The minimum absolute atomic E-state index is 0.114. The van der Waals surface area contributed by atoms with Gasteiger partial charge in [-0.3, -0.25) is 4.79 Å². The number of carbonyl (C=O) groups excluding carboxylic acids is 1. The molecule has 1 aliphatic rings. The van der Waals surface area contributed by atoms with E-state index in [0.29, 0.717) is 22.4 Å². The topological polar surface area (TPSA) is 63.7 Å². The van der Waals surface area contributed by atoms with Crippen LogP contribution in [0.1, 0.15) is 29.8 Å². The molecule has 4 rings (SSSR count). The quantitative estimate of drug-likeness (QED) is 0.493. The molecule has 9 heteroatoms. The Morgan fingerprint density at radius 3 is 2.34 bits per heavy atom. The van der Waals surface area contributed by atoms with Crippen LogP contribution in [0, 0.1) is 6.92 Å². The lowest BCUT2D eigenvalue weighted by Crippen LogP contribution is -2.45. The zero-order valence-corrected chi connectivity index (χ0v) is 19.6. The number of rotatable bonds is 5. The third-order valence-corrected chi connectivity index (χ3v) is 5.73. The number of benzene rings is 2. The van der Waals surface area contributed by atoms with Crippen molar-refractivity contribution in [1.29, 1.82) is 0 Å². The minimum atomic E-state index is -4.75. The van der Waals surface area contributed by atoms with Crippen molar-refractivity contribution < 1.29 is 27.4 Å². The fourth-order valence-electron chi connectivity index (χ4n) is 4.24. The Morgan fingerprint density at radius 2 is 1.74 bits per heavy atom. The van der Waals surface area contributed by atoms with E-state index in [9.17, 15) is 18.0 Å². The van der Waals surface area contributed by atoms with Crippen molar-refractivity contribution in [3.05, 3.63) is 71.9 Å². The van der Waals surface area contributed by atoms with Crippen molar-refractivity contribution in [3.8, 4) is 16.9 Å². The van der Waals surface area contributed by atoms with Crippen LogP contribution in [0.15, 0.2) is 60.8 Å². The van der Waals surface area contributed by atoms with E-state index in [-0.39, 0.29) is 23.9 Å². The van der Waals surface area contributed by atoms with Crippen LogP contribution in [0.3, 0.4) is 0 Å². The van der Waals surface area contributed by atoms with Gasteiger partial charge in [0.05, 0.1) is 24.1 Å². The number of nitrogens with zero attached hydrogens (tertiary/aromatic N) is 2. The molecule has 1 aromatic heterocycles. The van der Waals surface area contributed by atoms with Crippen molar-refractivity contribution >= 4 is 17.4 Å². The summed E-state index contributed by atoms with van der Waals surface area (Å²) in [4.78, 5) is 19.6. The molecule has 2 atom stereocenters. The molecule has 0 unspecified atom stereocenters. The highest BCUT2D eigenvalue weighted by molar-refractivity contribution is 6.06. The molecule has 0 spiro atoms. The fraction of sp³-hybridized carbons (Fsp3) is 0.308. The number of nitrogens with one attached hydrogen (secondary N) is 1. The number of pyridine rings is 1. The normalized spacial score (nSPS) is 18.3. The minimum Gasteiger partial charge on any atom is -0.406 e. The van der Waals surface area contributed by atoms with E-state index < -0.39 is 6.36 Å². The zero-order valence-electron chi connectivity index (χ0n) is 19.6. The summed E-state index contributed by atoms with van der Waals surface area (Å²) in [5, 5.41) is 2.87. The van der Waals surface area contributed by atoms with Crippen molar-refractivity contribution in [2.24, 2.45) is 0 Å². The average molecular weight is 486 g/mol. The number of halogens is 3. The standard InChI is InChI=1S/C26H26F3N3O3/c1-16-14-32(15-17(2)34-16)24-12-9-20(13-30-24)31-25(33)23-6-4-5-22(18(23)3)19-7-10-21(11-8-19)35-26(27,28)29/h4-13,16-17H,14-15H2,1-3H3,(H,31,33)/t16-,17-/m1/s1. The largest absolute Gasteiger partial charge is 0.573 e. The third kappa shape index (κ3) is 6.10. The molecule has 1 saturated heterocycles. The number of amides is 1. The number of morpholine rings is 1. The number of aromatic nitrogens is 1. The number of hydrogen-bond donors (Lipinski definition) is 1. The van der Waals surface area contributed by atoms with Crippen molar-refractivity contribution in [1.82, 2.24) is 4.98 Å².